The summed E-state index contributed by atoms with van der Waals surface area (Å²) < 4.78 is 0. The highest BCUT2D eigenvalue weighted by molar-refractivity contribution is 5.95. The molecule has 1 atom stereocenters. The molecule has 1 saturated heterocycles. The number of carbonyl (C=O) groups is 1. The number of amides is 1. The zero-order valence-corrected chi connectivity index (χ0v) is 13.0. The molecule has 0 radical (unpaired) electrons. The first-order chi connectivity index (χ1) is 10.7. The number of likely N-dealkylation sites (N-methyl/N-ethyl adjacent to an activating group) is 1. The minimum atomic E-state index is 0.0870. The van der Waals surface area contributed by atoms with Crippen LogP contribution in [0.3, 0.4) is 0 Å². The number of aryl methyl sites for hydroxylation is 1. The monoisotopic (exact) mass is 299 g/mol. The molecule has 0 bridgehead atoms. The van der Waals surface area contributed by atoms with Crippen molar-refractivity contribution in [2.45, 2.75) is 19.4 Å². The van der Waals surface area contributed by atoms with Crippen LogP contribution in [0.25, 0.3) is 0 Å². The quantitative estimate of drug-likeness (QED) is 0.932. The van der Waals surface area contributed by atoms with Crippen LogP contribution in [0.1, 0.15) is 34.7 Å². The Morgan fingerprint density at radius 3 is 3.00 bits per heavy atom. The fourth-order valence-electron chi connectivity index (χ4n) is 2.90. The minimum Gasteiger partial charge on any atom is -0.347 e. The molecule has 6 heteroatoms. The first kappa shape index (κ1) is 14.7. The number of piperazine rings is 1. The van der Waals surface area contributed by atoms with E-state index in [-0.39, 0.29) is 11.9 Å². The second kappa shape index (κ2) is 6.27. The fourth-order valence-corrected chi connectivity index (χ4v) is 2.90. The number of H-pyrrole nitrogens is 1. The average molecular weight is 299 g/mol. The van der Waals surface area contributed by atoms with Crippen molar-refractivity contribution < 1.29 is 4.79 Å². The lowest BCUT2D eigenvalue weighted by Gasteiger charge is -2.38. The second-order valence-corrected chi connectivity index (χ2v) is 5.61. The van der Waals surface area contributed by atoms with E-state index in [9.17, 15) is 4.79 Å². The van der Waals surface area contributed by atoms with Crippen molar-refractivity contribution in [3.63, 3.8) is 0 Å². The Kier molecular flexibility index (Phi) is 4.20. The molecule has 0 unspecified atom stereocenters. The van der Waals surface area contributed by atoms with Gasteiger partial charge in [-0.2, -0.15) is 0 Å². The van der Waals surface area contributed by atoms with Crippen molar-refractivity contribution in [2.24, 2.45) is 0 Å². The molecule has 0 aromatic carbocycles. The Hall–Kier alpha value is -2.21. The standard InChI is InChI=1S/C16H21N5O/c1-3-12-10-17-5-4-13(12)16(22)21-9-8-20(2)14(11-21)15-18-6-7-19-15/h4-7,10,14H,3,8-9,11H2,1-2H3,(H,18,19)/t14-/m1/s1. The van der Waals surface area contributed by atoms with Crippen molar-refractivity contribution in [1.82, 2.24) is 24.8 Å². The topological polar surface area (TPSA) is 65.1 Å². The van der Waals surface area contributed by atoms with Crippen LogP contribution in [-0.2, 0) is 6.42 Å². The molecule has 2 aromatic heterocycles. The summed E-state index contributed by atoms with van der Waals surface area (Å²) >= 11 is 0. The van der Waals surface area contributed by atoms with Gasteiger partial charge in [-0.3, -0.25) is 14.7 Å². The Morgan fingerprint density at radius 2 is 2.27 bits per heavy atom. The number of aromatic nitrogens is 3. The summed E-state index contributed by atoms with van der Waals surface area (Å²) in [5.74, 6) is 0.995. The maximum atomic E-state index is 12.9. The largest absolute Gasteiger partial charge is 0.347 e. The third-order valence-corrected chi connectivity index (χ3v) is 4.29. The van der Waals surface area contributed by atoms with E-state index in [4.69, 9.17) is 0 Å². The third-order valence-electron chi connectivity index (χ3n) is 4.29. The van der Waals surface area contributed by atoms with Gasteiger partial charge in [0.2, 0.25) is 0 Å². The number of hydrogen-bond donors (Lipinski definition) is 1. The number of carbonyl (C=O) groups excluding carboxylic acids is 1. The zero-order chi connectivity index (χ0) is 15.5. The highest BCUT2D eigenvalue weighted by Crippen LogP contribution is 2.23. The molecule has 0 saturated carbocycles. The van der Waals surface area contributed by atoms with Crippen LogP contribution in [0.2, 0.25) is 0 Å². The minimum absolute atomic E-state index is 0.0870. The van der Waals surface area contributed by atoms with Gasteiger partial charge in [0.1, 0.15) is 5.82 Å². The highest BCUT2D eigenvalue weighted by Gasteiger charge is 2.30. The van der Waals surface area contributed by atoms with Gasteiger partial charge in [-0.1, -0.05) is 6.92 Å². The molecule has 116 valence electrons. The summed E-state index contributed by atoms with van der Waals surface area (Å²) in [5.41, 5.74) is 1.77. The molecular formula is C16H21N5O. The fraction of sp³-hybridized carbons (Fsp3) is 0.438. The molecule has 2 aromatic rings. The molecule has 1 fully saturated rings. The number of rotatable bonds is 3. The van der Waals surface area contributed by atoms with Crippen molar-refractivity contribution >= 4 is 5.91 Å². The van der Waals surface area contributed by atoms with Gasteiger partial charge in [0.05, 0.1) is 6.04 Å². The number of nitrogens with zero attached hydrogens (tertiary/aromatic N) is 4. The van der Waals surface area contributed by atoms with E-state index >= 15 is 0 Å². The van der Waals surface area contributed by atoms with Crippen molar-refractivity contribution in [2.75, 3.05) is 26.7 Å². The Balaban J connectivity index is 1.81. The summed E-state index contributed by atoms with van der Waals surface area (Å²) in [6.45, 7) is 4.26. The van der Waals surface area contributed by atoms with Gasteiger partial charge in [-0.25, -0.2) is 4.98 Å². The van der Waals surface area contributed by atoms with Gasteiger partial charge in [0.25, 0.3) is 5.91 Å². The van der Waals surface area contributed by atoms with Crippen molar-refractivity contribution in [1.29, 1.82) is 0 Å². The lowest BCUT2D eigenvalue weighted by Crippen LogP contribution is -2.49. The Morgan fingerprint density at radius 1 is 1.41 bits per heavy atom. The van der Waals surface area contributed by atoms with E-state index in [1.807, 2.05) is 24.1 Å². The second-order valence-electron chi connectivity index (χ2n) is 5.61. The molecule has 1 amide bonds. The van der Waals surface area contributed by atoms with E-state index in [2.05, 4.69) is 26.9 Å². The first-order valence-electron chi connectivity index (χ1n) is 7.62. The molecule has 1 N–H and O–H groups in total. The van der Waals surface area contributed by atoms with E-state index < -0.39 is 0 Å². The predicted molar refractivity (Wildman–Crippen MR) is 83.5 cm³/mol. The summed E-state index contributed by atoms with van der Waals surface area (Å²) in [7, 11) is 2.07. The van der Waals surface area contributed by atoms with E-state index in [0.717, 1.165) is 36.5 Å². The van der Waals surface area contributed by atoms with Gasteiger partial charge in [0.15, 0.2) is 0 Å². The summed E-state index contributed by atoms with van der Waals surface area (Å²) in [6.07, 6.45) is 7.86. The molecule has 0 spiro atoms. The van der Waals surface area contributed by atoms with Crippen molar-refractivity contribution in [3.05, 3.63) is 47.8 Å². The first-order valence-corrected chi connectivity index (χ1v) is 7.62. The van der Waals surface area contributed by atoms with Crippen molar-refractivity contribution in [3.8, 4) is 0 Å². The van der Waals surface area contributed by atoms with E-state index in [0.29, 0.717) is 6.54 Å². The molecule has 6 nitrogen and oxygen atoms in total. The van der Waals surface area contributed by atoms with Crippen LogP contribution in [0.4, 0.5) is 0 Å². The number of pyridine rings is 1. The molecule has 1 aliphatic rings. The lowest BCUT2D eigenvalue weighted by molar-refractivity contribution is 0.0533. The molecular weight excluding hydrogens is 278 g/mol. The van der Waals surface area contributed by atoms with Gasteiger partial charge in [-0.05, 0) is 25.1 Å². The Bertz CT molecular complexity index is 640. The van der Waals surface area contributed by atoms with E-state index in [1.54, 1.807) is 18.6 Å². The third kappa shape index (κ3) is 2.74. The molecule has 3 rings (SSSR count). The van der Waals surface area contributed by atoms with Crippen LogP contribution in [0.5, 0.6) is 0 Å². The summed E-state index contributed by atoms with van der Waals surface area (Å²) in [4.78, 5) is 28.6. The van der Waals surface area contributed by atoms with E-state index in [1.165, 1.54) is 0 Å². The van der Waals surface area contributed by atoms with Gasteiger partial charge >= 0.3 is 0 Å². The smallest absolute Gasteiger partial charge is 0.254 e. The van der Waals surface area contributed by atoms with Gasteiger partial charge in [-0.15, -0.1) is 0 Å². The number of aromatic amines is 1. The number of nitrogens with one attached hydrogen (secondary N) is 1. The molecule has 3 heterocycles. The predicted octanol–water partition coefficient (Wildman–Crippen LogP) is 1.50. The van der Waals surface area contributed by atoms with Crippen LogP contribution in [-0.4, -0.2) is 57.3 Å². The van der Waals surface area contributed by atoms with Crippen LogP contribution in [0.15, 0.2) is 30.9 Å². The molecule has 22 heavy (non-hydrogen) atoms. The van der Waals surface area contributed by atoms with Gasteiger partial charge in [0, 0.05) is 50.0 Å². The molecule has 1 aliphatic heterocycles. The zero-order valence-electron chi connectivity index (χ0n) is 13.0. The number of imidazole rings is 1. The number of hydrogen-bond acceptors (Lipinski definition) is 4. The van der Waals surface area contributed by atoms with Crippen LogP contribution < -0.4 is 0 Å². The van der Waals surface area contributed by atoms with Gasteiger partial charge < -0.3 is 9.88 Å². The highest BCUT2D eigenvalue weighted by atomic mass is 16.2. The van der Waals surface area contributed by atoms with Crippen LogP contribution in [0, 0.1) is 0 Å². The maximum absolute atomic E-state index is 12.9. The maximum Gasteiger partial charge on any atom is 0.254 e. The average Bonchev–Trinajstić information content (AvgIpc) is 3.09. The SMILES string of the molecule is CCc1cnccc1C(=O)N1CCN(C)[C@@H](c2ncc[nH]2)C1. The summed E-state index contributed by atoms with van der Waals surface area (Å²) in [6, 6.07) is 1.93. The summed E-state index contributed by atoms with van der Waals surface area (Å²) in [5, 5.41) is 0. The van der Waals surface area contributed by atoms with Crippen LogP contribution >= 0.6 is 0 Å². The normalized spacial score (nSPS) is 19.4. The lowest BCUT2D eigenvalue weighted by atomic mass is 10.1. The molecule has 0 aliphatic carbocycles. The Labute approximate surface area is 130 Å².